The van der Waals surface area contributed by atoms with Gasteiger partial charge in [0, 0.05) is 18.5 Å². The summed E-state index contributed by atoms with van der Waals surface area (Å²) in [5, 5.41) is 5.36. The third-order valence-electron chi connectivity index (χ3n) is 11.7. The number of aromatic amines is 2. The maximum absolute atomic E-state index is 14.0. The van der Waals surface area contributed by atoms with Crippen LogP contribution >= 0.6 is 0 Å². The highest BCUT2D eigenvalue weighted by Gasteiger charge is 2.44. The van der Waals surface area contributed by atoms with Gasteiger partial charge in [0.15, 0.2) is 0 Å². The predicted molar refractivity (Wildman–Crippen MR) is 221 cm³/mol. The number of H-pyrrole nitrogens is 2. The normalized spacial score (nSPS) is 18.8. The molecule has 0 aliphatic carbocycles. The molecule has 3 aliphatic heterocycles. The number of nitrogens with two attached hydrogens (primary N) is 1. The lowest BCUT2D eigenvalue weighted by molar-refractivity contribution is -0.135. The van der Waals surface area contributed by atoms with Gasteiger partial charge >= 0.3 is 12.2 Å². The lowest BCUT2D eigenvalue weighted by Crippen LogP contribution is -2.51. The maximum Gasteiger partial charge on any atom is 0.407 e. The number of ether oxygens (including phenoxy) is 2. The average molecular weight is 814 g/mol. The van der Waals surface area contributed by atoms with E-state index in [1.54, 1.807) is 34.3 Å². The quantitative estimate of drug-likeness (QED) is 0.119. The van der Waals surface area contributed by atoms with Crippen LogP contribution in [0.1, 0.15) is 78.3 Å². The Morgan fingerprint density at radius 1 is 0.800 bits per heavy atom. The number of carbonyl (C=O) groups excluding carboxylic acids is 5. The molecule has 0 radical (unpaired) electrons. The lowest BCUT2D eigenvalue weighted by atomic mass is 9.98. The second kappa shape index (κ2) is 16.4. The summed E-state index contributed by atoms with van der Waals surface area (Å²) < 4.78 is 9.55. The molecular formula is C44H47N9O7. The van der Waals surface area contributed by atoms with Gasteiger partial charge in [-0.15, -0.1) is 0 Å². The second-order valence-corrected chi connectivity index (χ2v) is 15.7. The van der Waals surface area contributed by atoms with Gasteiger partial charge in [-0.3, -0.25) is 19.3 Å². The first-order valence-electron chi connectivity index (χ1n) is 20.0. The van der Waals surface area contributed by atoms with Crippen LogP contribution in [0.4, 0.5) is 15.3 Å². The van der Waals surface area contributed by atoms with E-state index in [0.29, 0.717) is 43.0 Å². The van der Waals surface area contributed by atoms with E-state index in [1.807, 2.05) is 62.4 Å². The molecule has 4 atom stereocenters. The van der Waals surface area contributed by atoms with E-state index in [4.69, 9.17) is 20.2 Å². The van der Waals surface area contributed by atoms with Crippen LogP contribution in [-0.2, 0) is 31.9 Å². The Kier molecular flexibility index (Phi) is 10.9. The third kappa shape index (κ3) is 7.55. The summed E-state index contributed by atoms with van der Waals surface area (Å²) in [5.74, 6) is 0.169. The van der Waals surface area contributed by atoms with E-state index in [2.05, 4.69) is 25.6 Å². The Morgan fingerprint density at radius 3 is 1.93 bits per heavy atom. The van der Waals surface area contributed by atoms with Crippen LogP contribution in [0.5, 0.6) is 0 Å². The van der Waals surface area contributed by atoms with Crippen molar-refractivity contribution in [2.24, 2.45) is 11.7 Å². The molecular weight excluding hydrogens is 767 g/mol. The number of hydrogen-bond donors (Lipinski definition) is 5. The topological polar surface area (TPSA) is 218 Å². The van der Waals surface area contributed by atoms with Gasteiger partial charge in [-0.05, 0) is 77.1 Å². The largest absolute Gasteiger partial charge is 0.453 e. The molecule has 16 nitrogen and oxygen atoms in total. The van der Waals surface area contributed by atoms with Crippen LogP contribution in [0.2, 0.25) is 0 Å². The SMILES string of the molecule is COC(=O)N[C@H]1CCc2cc(C(N)=O)cc3c2N(C1=O)[C@H](c1ncc(-c2ccc(-c4ccc(-c5cnc([C@H]6CCCN6C(=O)[C@H](NC(=O)OC)C(C)C)[nH]5)cc4)cc2)[nH]1)C3. The number of benzene rings is 3. The predicted octanol–water partition coefficient (Wildman–Crippen LogP) is 5.58. The molecule has 5 amide bonds. The molecule has 3 aromatic carbocycles. The van der Waals surface area contributed by atoms with E-state index in [1.165, 1.54) is 14.2 Å². The Morgan fingerprint density at radius 2 is 1.37 bits per heavy atom. The number of aryl methyl sites for hydroxylation is 1. The minimum atomic E-state index is -0.828. The number of nitrogens with one attached hydrogen (secondary N) is 4. The van der Waals surface area contributed by atoms with Crippen LogP contribution in [0.15, 0.2) is 73.1 Å². The molecule has 0 bridgehead atoms. The molecule has 8 rings (SSSR count). The van der Waals surface area contributed by atoms with Gasteiger partial charge in [-0.25, -0.2) is 19.6 Å². The summed E-state index contributed by atoms with van der Waals surface area (Å²) in [7, 11) is 2.53. The maximum atomic E-state index is 14.0. The smallest absolute Gasteiger partial charge is 0.407 e. The summed E-state index contributed by atoms with van der Waals surface area (Å²) in [6.45, 7) is 4.36. The summed E-state index contributed by atoms with van der Waals surface area (Å²) >= 11 is 0. The average Bonchev–Trinajstić information content (AvgIpc) is 4.09. The standard InChI is InChI=1S/C44H47N9O7/c1-23(2)36(51-44(58)60-4)42(56)52-17-5-6-34(52)39-46-21-32(48-39)26-11-7-24(8-12-26)25-9-13-27(14-10-25)33-22-47-40(49-33)35-20-29-19-30(38(45)54)18-28-15-16-31(50-43(57)59-3)41(55)53(35)37(28)29/h7-14,18-19,21-23,31,34-36H,5-6,15-17,20H2,1-4H3,(H2,45,54)(H,46,48)(H,47,49)(H,50,57)(H,51,58)/t31-,34+,35-,36+/m0/s1. The van der Waals surface area contributed by atoms with Gasteiger partial charge in [-0.2, -0.15) is 0 Å². The van der Waals surface area contributed by atoms with Crippen molar-refractivity contribution in [3.63, 3.8) is 0 Å². The fourth-order valence-corrected chi connectivity index (χ4v) is 8.61. The van der Waals surface area contributed by atoms with Gasteiger partial charge < -0.3 is 40.7 Å². The number of imidazole rings is 2. The van der Waals surface area contributed by atoms with Gasteiger partial charge in [0.2, 0.25) is 17.7 Å². The van der Waals surface area contributed by atoms with Crippen LogP contribution < -0.4 is 21.3 Å². The highest BCUT2D eigenvalue weighted by Crippen LogP contribution is 2.45. The molecule has 1 fully saturated rings. The number of carbonyl (C=O) groups is 5. The van der Waals surface area contributed by atoms with Crippen LogP contribution in [0.3, 0.4) is 0 Å². The third-order valence-corrected chi connectivity index (χ3v) is 11.7. The van der Waals surface area contributed by atoms with Crippen molar-refractivity contribution in [1.82, 2.24) is 35.5 Å². The Bertz CT molecular complexity index is 2460. The first-order valence-corrected chi connectivity index (χ1v) is 20.0. The Balaban J connectivity index is 0.969. The van der Waals surface area contributed by atoms with Gasteiger partial charge in [-0.1, -0.05) is 62.4 Å². The molecule has 310 valence electrons. The number of anilines is 1. The number of nitrogens with zero attached hydrogens (tertiary/aromatic N) is 4. The van der Waals surface area contributed by atoms with Crippen molar-refractivity contribution in [1.29, 1.82) is 0 Å². The molecule has 5 aromatic rings. The van der Waals surface area contributed by atoms with Crippen LogP contribution in [0, 0.1) is 5.92 Å². The summed E-state index contributed by atoms with van der Waals surface area (Å²) in [5.41, 5.74) is 13.9. The number of alkyl carbamates (subject to hydrolysis) is 2. The second-order valence-electron chi connectivity index (χ2n) is 15.7. The Labute approximate surface area is 346 Å². The van der Waals surface area contributed by atoms with Crippen molar-refractivity contribution in [2.75, 3.05) is 25.7 Å². The highest BCUT2D eigenvalue weighted by molar-refractivity contribution is 6.04. The van der Waals surface area contributed by atoms with Crippen molar-refractivity contribution in [3.8, 4) is 33.6 Å². The molecule has 5 heterocycles. The first kappa shape index (κ1) is 39.8. The molecule has 60 heavy (non-hydrogen) atoms. The zero-order valence-corrected chi connectivity index (χ0v) is 33.8. The van der Waals surface area contributed by atoms with Crippen molar-refractivity contribution >= 4 is 35.6 Å². The zero-order valence-electron chi connectivity index (χ0n) is 33.8. The molecule has 3 aliphatic rings. The van der Waals surface area contributed by atoms with Crippen molar-refractivity contribution < 1.29 is 33.4 Å². The fraction of sp³-hybridized carbons (Fsp3) is 0.341. The minimum Gasteiger partial charge on any atom is -0.453 e. The molecule has 0 spiro atoms. The number of likely N-dealkylation sites (tertiary alicyclic amines) is 1. The number of amides is 5. The van der Waals surface area contributed by atoms with Gasteiger partial charge in [0.05, 0.1) is 55.8 Å². The highest BCUT2D eigenvalue weighted by atomic mass is 16.5. The lowest BCUT2D eigenvalue weighted by Gasteiger charge is -2.30. The van der Waals surface area contributed by atoms with Crippen LogP contribution in [0.25, 0.3) is 33.6 Å². The van der Waals surface area contributed by atoms with E-state index in [-0.39, 0.29) is 23.8 Å². The summed E-state index contributed by atoms with van der Waals surface area (Å²) in [4.78, 5) is 83.7. The summed E-state index contributed by atoms with van der Waals surface area (Å²) in [6.07, 6.45) is 4.98. The van der Waals surface area contributed by atoms with E-state index in [9.17, 15) is 24.0 Å². The van der Waals surface area contributed by atoms with E-state index >= 15 is 0 Å². The van der Waals surface area contributed by atoms with E-state index < -0.39 is 36.2 Å². The van der Waals surface area contributed by atoms with Crippen LogP contribution in [-0.4, -0.2) is 87.6 Å². The summed E-state index contributed by atoms with van der Waals surface area (Å²) in [6, 6.07) is 17.5. The van der Waals surface area contributed by atoms with Crippen molar-refractivity contribution in [3.05, 3.63) is 101 Å². The van der Waals surface area contributed by atoms with Crippen molar-refractivity contribution in [2.45, 2.75) is 70.1 Å². The van der Waals surface area contributed by atoms with Gasteiger partial charge in [0.1, 0.15) is 23.7 Å². The molecule has 0 saturated carbocycles. The van der Waals surface area contributed by atoms with Gasteiger partial charge in [0.25, 0.3) is 0 Å². The fourth-order valence-electron chi connectivity index (χ4n) is 8.61. The molecule has 16 heteroatoms. The number of primary amides is 1. The molecule has 1 saturated heterocycles. The number of hydrogen-bond acceptors (Lipinski definition) is 9. The molecule has 6 N–H and O–H groups in total. The monoisotopic (exact) mass is 813 g/mol. The number of aromatic nitrogens is 4. The molecule has 0 unspecified atom stereocenters. The zero-order chi connectivity index (χ0) is 42.2. The first-order chi connectivity index (χ1) is 28.9. The molecule has 2 aromatic heterocycles. The number of methoxy groups -OCH3 is 2. The van der Waals surface area contributed by atoms with E-state index in [0.717, 1.165) is 63.3 Å². The Hall–Kier alpha value is -6.97. The minimum absolute atomic E-state index is 0.120. The number of rotatable bonds is 10.